The average Bonchev–Trinajstić information content (AvgIpc) is 3.19. The van der Waals surface area contributed by atoms with Crippen LogP contribution in [0, 0.1) is 11.8 Å². The van der Waals surface area contributed by atoms with Gasteiger partial charge < -0.3 is 25.5 Å². The van der Waals surface area contributed by atoms with Crippen molar-refractivity contribution in [3.63, 3.8) is 0 Å². The molecule has 1 aromatic carbocycles. The molecule has 0 saturated heterocycles. The third-order valence-corrected chi connectivity index (χ3v) is 5.73. The van der Waals surface area contributed by atoms with E-state index in [-0.39, 0.29) is 30.7 Å². The van der Waals surface area contributed by atoms with E-state index in [1.165, 1.54) is 0 Å². The Bertz CT molecular complexity index is 1050. The lowest BCUT2D eigenvalue weighted by Crippen LogP contribution is -2.55. The van der Waals surface area contributed by atoms with Gasteiger partial charge in [0.2, 0.25) is 5.60 Å². The number of nitrogens with zero attached hydrogens (tertiary/aromatic N) is 2. The second-order valence-electron chi connectivity index (χ2n) is 9.70. The van der Waals surface area contributed by atoms with Gasteiger partial charge in [-0.15, -0.1) is 0 Å². The molecule has 0 spiro atoms. The highest BCUT2D eigenvalue weighted by Gasteiger charge is 2.48. The van der Waals surface area contributed by atoms with Crippen LogP contribution in [-0.2, 0) is 9.63 Å². The maximum Gasteiger partial charge on any atom is 0.475 e. The van der Waals surface area contributed by atoms with E-state index in [0.29, 0.717) is 24.2 Å². The van der Waals surface area contributed by atoms with Crippen molar-refractivity contribution < 1.29 is 24.5 Å². The summed E-state index contributed by atoms with van der Waals surface area (Å²) in [7, 11) is -1.68. The van der Waals surface area contributed by atoms with E-state index < -0.39 is 24.6 Å². The molecule has 0 bridgehead atoms. The first-order chi connectivity index (χ1) is 16.1. The highest BCUT2D eigenvalue weighted by atomic mass is 16.7. The van der Waals surface area contributed by atoms with Crippen LogP contribution in [0.15, 0.2) is 41.7 Å². The highest BCUT2D eigenvalue weighted by Crippen LogP contribution is 2.32. The number of oxime groups is 1. The van der Waals surface area contributed by atoms with Crippen LogP contribution in [-0.4, -0.2) is 57.8 Å². The molecule has 3 rings (SSSR count). The summed E-state index contributed by atoms with van der Waals surface area (Å²) in [5.74, 6) is -1.33. The quantitative estimate of drug-likeness (QED) is 0.395. The van der Waals surface area contributed by atoms with Crippen LogP contribution in [0.5, 0.6) is 0 Å². The maximum atomic E-state index is 13.2. The molecule has 1 aliphatic heterocycles. The van der Waals surface area contributed by atoms with E-state index in [9.17, 15) is 19.6 Å². The van der Waals surface area contributed by atoms with Crippen LogP contribution in [0.3, 0.4) is 0 Å². The van der Waals surface area contributed by atoms with E-state index >= 15 is 0 Å². The number of amides is 2. The number of rotatable bonds is 10. The molecule has 0 fully saturated rings. The Morgan fingerprint density at radius 2 is 1.88 bits per heavy atom. The van der Waals surface area contributed by atoms with E-state index in [1.54, 1.807) is 6.20 Å². The number of benzene rings is 1. The highest BCUT2D eigenvalue weighted by molar-refractivity contribution is 6.43. The van der Waals surface area contributed by atoms with Crippen molar-refractivity contribution in [3.05, 3.63) is 42.2 Å². The predicted octanol–water partition coefficient (Wildman–Crippen LogP) is 2.07. The summed E-state index contributed by atoms with van der Waals surface area (Å²) in [6.45, 7) is 7.92. The molecule has 0 radical (unpaired) electrons. The van der Waals surface area contributed by atoms with Gasteiger partial charge in [0, 0.05) is 24.4 Å². The topological polar surface area (TPSA) is 133 Å². The summed E-state index contributed by atoms with van der Waals surface area (Å²) in [6.07, 6.45) is 2.58. The van der Waals surface area contributed by atoms with Crippen LogP contribution < -0.4 is 10.6 Å². The fraction of sp³-hybridized carbons (Fsp3) is 0.500. The number of hydrogen-bond donors (Lipinski definition) is 4. The Morgan fingerprint density at radius 1 is 1.15 bits per heavy atom. The lowest BCUT2D eigenvalue weighted by molar-refractivity contribution is -0.146. The van der Waals surface area contributed by atoms with E-state index in [4.69, 9.17) is 4.84 Å². The molecule has 10 heteroatoms. The molecule has 0 aliphatic carbocycles. The summed E-state index contributed by atoms with van der Waals surface area (Å²) in [5, 5.41) is 30.8. The monoisotopic (exact) mass is 468 g/mol. The number of hydrogen-bond acceptors (Lipinski definition) is 7. The molecule has 2 aromatic rings. The fourth-order valence-electron chi connectivity index (χ4n) is 4.25. The van der Waals surface area contributed by atoms with Gasteiger partial charge in [-0.1, -0.05) is 57.1 Å². The zero-order valence-corrected chi connectivity index (χ0v) is 20.1. The van der Waals surface area contributed by atoms with Gasteiger partial charge in [0.25, 0.3) is 11.8 Å². The third-order valence-electron chi connectivity index (χ3n) is 5.73. The number of nitrogens with one attached hydrogen (secondary N) is 2. The normalized spacial score (nSPS) is 18.5. The van der Waals surface area contributed by atoms with Crippen LogP contribution in [0.2, 0.25) is 0 Å². The second-order valence-corrected chi connectivity index (χ2v) is 9.70. The molecule has 1 aromatic heterocycles. The Labute approximate surface area is 200 Å². The molecule has 9 nitrogen and oxygen atoms in total. The summed E-state index contributed by atoms with van der Waals surface area (Å²) in [6, 6.07) is 9.35. The van der Waals surface area contributed by atoms with Crippen LogP contribution in [0.25, 0.3) is 10.8 Å². The lowest BCUT2D eigenvalue weighted by Gasteiger charge is -2.30. The van der Waals surface area contributed by atoms with Gasteiger partial charge >= 0.3 is 7.12 Å². The minimum Gasteiger partial charge on any atom is -0.426 e. The zero-order chi connectivity index (χ0) is 24.9. The second kappa shape index (κ2) is 11.0. The Hall–Kier alpha value is -2.98. The largest absolute Gasteiger partial charge is 0.475 e. The predicted molar refractivity (Wildman–Crippen MR) is 131 cm³/mol. The minimum atomic E-state index is -1.68. The first-order valence-electron chi connectivity index (χ1n) is 11.6. The van der Waals surface area contributed by atoms with Crippen molar-refractivity contribution in [2.75, 3.05) is 6.54 Å². The molecule has 0 saturated carbocycles. The van der Waals surface area contributed by atoms with Gasteiger partial charge in [-0.3, -0.25) is 14.6 Å². The van der Waals surface area contributed by atoms with Crippen LogP contribution >= 0.6 is 0 Å². The van der Waals surface area contributed by atoms with Crippen molar-refractivity contribution in [3.8, 4) is 0 Å². The van der Waals surface area contributed by atoms with E-state index in [2.05, 4.69) is 20.8 Å². The van der Waals surface area contributed by atoms with Crippen molar-refractivity contribution in [1.82, 2.24) is 15.6 Å². The SMILES string of the molecule is CC(C)C[C@H](NC(=O)C1(CC(C)C)CC(CNC(=O)c2nccc3ccccc23)=NO1)B(O)O. The van der Waals surface area contributed by atoms with Gasteiger partial charge in [0.1, 0.15) is 5.69 Å². The van der Waals surface area contributed by atoms with Crippen LogP contribution in [0.1, 0.15) is 57.4 Å². The molecular formula is C24H33BN4O5. The third kappa shape index (κ3) is 6.12. The number of aromatic nitrogens is 1. The van der Waals surface area contributed by atoms with Crippen molar-refractivity contribution >= 4 is 35.4 Å². The zero-order valence-electron chi connectivity index (χ0n) is 20.1. The molecule has 2 heterocycles. The Morgan fingerprint density at radius 3 is 2.56 bits per heavy atom. The van der Waals surface area contributed by atoms with Crippen molar-refractivity contribution in [2.24, 2.45) is 17.0 Å². The van der Waals surface area contributed by atoms with Crippen LogP contribution in [0.4, 0.5) is 0 Å². The number of carbonyl (C=O) groups excluding carboxylic acids is 2. The summed E-state index contributed by atoms with van der Waals surface area (Å²) < 4.78 is 0. The summed E-state index contributed by atoms with van der Waals surface area (Å²) in [4.78, 5) is 35.9. The molecule has 4 N–H and O–H groups in total. The Balaban J connectivity index is 1.68. The van der Waals surface area contributed by atoms with Gasteiger partial charge in [-0.2, -0.15) is 0 Å². The van der Waals surface area contributed by atoms with Gasteiger partial charge in [-0.25, -0.2) is 0 Å². The molecule has 1 unspecified atom stereocenters. The first-order valence-corrected chi connectivity index (χ1v) is 11.6. The van der Waals surface area contributed by atoms with Crippen molar-refractivity contribution in [1.29, 1.82) is 0 Å². The molecule has 1 aliphatic rings. The Kier molecular flexibility index (Phi) is 8.27. The molecule has 34 heavy (non-hydrogen) atoms. The van der Waals surface area contributed by atoms with E-state index in [0.717, 1.165) is 10.8 Å². The fourth-order valence-corrected chi connectivity index (χ4v) is 4.25. The first kappa shape index (κ1) is 25.6. The average molecular weight is 468 g/mol. The minimum absolute atomic E-state index is 0.106. The number of carbonyl (C=O) groups is 2. The standard InChI is InChI=1S/C24H33BN4O5/c1-15(2)11-20(25(32)33)28-23(31)24(12-16(3)4)13-18(29-34-24)14-27-22(30)21-19-8-6-5-7-17(19)9-10-26-21/h5-10,15-16,20,32-33H,11-14H2,1-4H3,(H,27,30)(H,28,31)/t20-,24?/m0/s1. The molecule has 2 amide bonds. The smallest absolute Gasteiger partial charge is 0.426 e. The summed E-state index contributed by atoms with van der Waals surface area (Å²) >= 11 is 0. The van der Waals surface area contributed by atoms with Gasteiger partial charge in [-0.05, 0) is 29.7 Å². The molecule has 182 valence electrons. The van der Waals surface area contributed by atoms with Gasteiger partial charge in [0.05, 0.1) is 18.2 Å². The van der Waals surface area contributed by atoms with Gasteiger partial charge in [0.15, 0.2) is 0 Å². The number of fused-ring (bicyclic) bond motifs is 1. The molecule has 2 atom stereocenters. The number of pyridine rings is 1. The van der Waals surface area contributed by atoms with Crippen molar-refractivity contribution in [2.45, 2.75) is 58.5 Å². The summed E-state index contributed by atoms with van der Waals surface area (Å²) in [5.41, 5.74) is -0.428. The maximum absolute atomic E-state index is 13.2. The lowest BCUT2D eigenvalue weighted by atomic mass is 9.74. The molecular weight excluding hydrogens is 435 g/mol. The van der Waals surface area contributed by atoms with E-state index in [1.807, 2.05) is 58.0 Å².